The molecular weight excluding hydrogens is 358 g/mol. The number of fused-ring (bicyclic) bond motifs is 1. The van der Waals surface area contributed by atoms with Crippen molar-refractivity contribution in [3.8, 4) is 16.5 Å². The summed E-state index contributed by atoms with van der Waals surface area (Å²) in [6.45, 7) is 7.15. The molecule has 0 N–H and O–H groups in total. The molecule has 5 rings (SSSR count). The zero-order valence-corrected chi connectivity index (χ0v) is 16.1. The molecule has 5 nitrogen and oxygen atoms in total. The second-order valence-corrected chi connectivity index (χ2v) is 8.07. The van der Waals surface area contributed by atoms with Crippen LogP contribution in [0.4, 0.5) is 0 Å². The van der Waals surface area contributed by atoms with Crippen LogP contribution in [0.2, 0.25) is 0 Å². The topological polar surface area (TPSA) is 41.7 Å². The molecular formula is C21H23N3O2S. The minimum Gasteiger partial charge on any atom is -0.493 e. The lowest BCUT2D eigenvalue weighted by Gasteiger charge is -2.34. The Morgan fingerprint density at radius 2 is 1.89 bits per heavy atom. The van der Waals surface area contributed by atoms with Crippen molar-refractivity contribution in [2.45, 2.75) is 19.5 Å². The van der Waals surface area contributed by atoms with Gasteiger partial charge >= 0.3 is 0 Å². The van der Waals surface area contributed by atoms with Crippen LogP contribution >= 0.6 is 11.3 Å². The summed E-state index contributed by atoms with van der Waals surface area (Å²) in [7, 11) is 0. The van der Waals surface area contributed by atoms with Gasteiger partial charge < -0.3 is 9.15 Å². The lowest BCUT2D eigenvalue weighted by atomic mass is 10.1. The average molecular weight is 382 g/mol. The van der Waals surface area contributed by atoms with E-state index in [9.17, 15) is 0 Å². The summed E-state index contributed by atoms with van der Waals surface area (Å²) >= 11 is 1.66. The van der Waals surface area contributed by atoms with Crippen LogP contribution in [-0.4, -0.2) is 47.6 Å². The molecule has 0 unspecified atom stereocenters. The Balaban J connectivity index is 1.14. The highest BCUT2D eigenvalue weighted by Gasteiger charge is 2.19. The van der Waals surface area contributed by atoms with Gasteiger partial charge in [0.15, 0.2) is 10.8 Å². The first kappa shape index (κ1) is 17.0. The van der Waals surface area contributed by atoms with Gasteiger partial charge in [0.1, 0.15) is 5.75 Å². The van der Waals surface area contributed by atoms with Crippen LogP contribution in [0, 0.1) is 0 Å². The minimum absolute atomic E-state index is 0.829. The van der Waals surface area contributed by atoms with Gasteiger partial charge in [-0.1, -0.05) is 12.1 Å². The Morgan fingerprint density at radius 3 is 2.70 bits per heavy atom. The second kappa shape index (κ2) is 7.46. The molecule has 0 radical (unpaired) electrons. The highest BCUT2D eigenvalue weighted by Crippen LogP contribution is 2.27. The molecule has 0 amide bonds. The SMILES string of the molecule is c1coc(-c2nc(CN3CCN(Cc4ccc5c(c4)CCO5)CC3)cs2)c1. The zero-order valence-electron chi connectivity index (χ0n) is 15.3. The van der Waals surface area contributed by atoms with Gasteiger partial charge in [0.2, 0.25) is 0 Å². The number of piperazine rings is 1. The molecule has 0 aliphatic carbocycles. The van der Waals surface area contributed by atoms with E-state index in [0.29, 0.717) is 0 Å². The fraction of sp³-hybridized carbons (Fsp3) is 0.381. The molecule has 6 heteroatoms. The largest absolute Gasteiger partial charge is 0.493 e. The second-order valence-electron chi connectivity index (χ2n) is 7.21. The van der Waals surface area contributed by atoms with E-state index in [-0.39, 0.29) is 0 Å². The van der Waals surface area contributed by atoms with Gasteiger partial charge in [0.05, 0.1) is 18.6 Å². The molecule has 0 atom stereocenters. The van der Waals surface area contributed by atoms with Crippen molar-refractivity contribution < 1.29 is 9.15 Å². The summed E-state index contributed by atoms with van der Waals surface area (Å²) < 4.78 is 11.0. The third-order valence-corrected chi connectivity index (χ3v) is 6.20. The molecule has 140 valence electrons. The highest BCUT2D eigenvalue weighted by molar-refractivity contribution is 7.13. The molecule has 0 saturated carbocycles. The number of nitrogens with zero attached hydrogens (tertiary/aromatic N) is 3. The fourth-order valence-corrected chi connectivity index (χ4v) is 4.60. The van der Waals surface area contributed by atoms with Gasteiger partial charge in [-0.2, -0.15) is 0 Å². The quantitative estimate of drug-likeness (QED) is 0.675. The maximum Gasteiger partial charge on any atom is 0.162 e. The third kappa shape index (κ3) is 3.78. The van der Waals surface area contributed by atoms with Crippen LogP contribution in [0.25, 0.3) is 10.8 Å². The van der Waals surface area contributed by atoms with Gasteiger partial charge in [0, 0.05) is 51.1 Å². The van der Waals surface area contributed by atoms with E-state index < -0.39 is 0 Å². The first-order valence-corrected chi connectivity index (χ1v) is 10.4. The molecule has 1 fully saturated rings. The number of hydrogen-bond donors (Lipinski definition) is 0. The zero-order chi connectivity index (χ0) is 18.1. The van der Waals surface area contributed by atoms with Crippen LogP contribution in [0.5, 0.6) is 5.75 Å². The van der Waals surface area contributed by atoms with E-state index in [1.54, 1.807) is 17.6 Å². The van der Waals surface area contributed by atoms with Crippen LogP contribution in [-0.2, 0) is 19.5 Å². The summed E-state index contributed by atoms with van der Waals surface area (Å²) in [5.74, 6) is 1.93. The van der Waals surface area contributed by atoms with Crippen molar-refractivity contribution in [1.82, 2.24) is 14.8 Å². The lowest BCUT2D eigenvalue weighted by Crippen LogP contribution is -2.45. The lowest BCUT2D eigenvalue weighted by molar-refractivity contribution is 0.121. The molecule has 3 aromatic rings. The van der Waals surface area contributed by atoms with Crippen molar-refractivity contribution in [1.29, 1.82) is 0 Å². The third-order valence-electron chi connectivity index (χ3n) is 5.29. The molecule has 0 spiro atoms. The van der Waals surface area contributed by atoms with Gasteiger partial charge in [-0.25, -0.2) is 4.98 Å². The van der Waals surface area contributed by atoms with Crippen molar-refractivity contribution in [2.24, 2.45) is 0 Å². The molecule has 2 aliphatic heterocycles. The monoisotopic (exact) mass is 381 g/mol. The first-order valence-electron chi connectivity index (χ1n) is 9.51. The number of aromatic nitrogens is 1. The summed E-state index contributed by atoms with van der Waals surface area (Å²) in [4.78, 5) is 9.76. The highest BCUT2D eigenvalue weighted by atomic mass is 32.1. The number of benzene rings is 1. The first-order chi connectivity index (χ1) is 13.3. The van der Waals surface area contributed by atoms with E-state index in [1.807, 2.05) is 12.1 Å². The Kier molecular flexibility index (Phi) is 4.69. The average Bonchev–Trinajstić information content (AvgIpc) is 3.44. The van der Waals surface area contributed by atoms with Crippen LogP contribution in [0.3, 0.4) is 0 Å². The van der Waals surface area contributed by atoms with E-state index in [2.05, 4.69) is 33.4 Å². The van der Waals surface area contributed by atoms with Gasteiger partial charge in [-0.05, 0) is 29.3 Å². The van der Waals surface area contributed by atoms with Gasteiger partial charge in [-0.3, -0.25) is 9.80 Å². The van der Waals surface area contributed by atoms with Crippen molar-refractivity contribution in [3.05, 3.63) is 58.8 Å². The smallest absolute Gasteiger partial charge is 0.162 e. The Bertz CT molecular complexity index is 898. The van der Waals surface area contributed by atoms with E-state index in [0.717, 1.165) is 74.5 Å². The number of hydrogen-bond acceptors (Lipinski definition) is 6. The van der Waals surface area contributed by atoms with E-state index in [4.69, 9.17) is 14.1 Å². The summed E-state index contributed by atoms with van der Waals surface area (Å²) in [5.41, 5.74) is 3.90. The molecule has 1 aromatic carbocycles. The summed E-state index contributed by atoms with van der Waals surface area (Å²) in [5, 5.41) is 3.12. The Morgan fingerprint density at radius 1 is 1.04 bits per heavy atom. The fourth-order valence-electron chi connectivity index (χ4n) is 3.82. The van der Waals surface area contributed by atoms with E-state index >= 15 is 0 Å². The minimum atomic E-state index is 0.829. The predicted molar refractivity (Wildman–Crippen MR) is 106 cm³/mol. The van der Waals surface area contributed by atoms with Gasteiger partial charge in [0.25, 0.3) is 0 Å². The molecule has 4 heterocycles. The maximum atomic E-state index is 5.61. The normalized spacial score (nSPS) is 17.8. The standard InChI is InChI=1S/C21H23N3O2S/c1-2-20(25-10-1)21-22-18(15-27-21)14-24-8-6-23(7-9-24)13-16-3-4-19-17(12-16)5-11-26-19/h1-4,10,12,15H,5-9,11,13-14H2. The van der Waals surface area contributed by atoms with Crippen LogP contribution in [0.15, 0.2) is 46.4 Å². The number of thiazole rings is 1. The van der Waals surface area contributed by atoms with Crippen LogP contribution < -0.4 is 4.74 Å². The molecule has 0 bridgehead atoms. The molecule has 1 saturated heterocycles. The van der Waals surface area contributed by atoms with Crippen molar-refractivity contribution >= 4 is 11.3 Å². The number of ether oxygens (including phenoxy) is 1. The van der Waals surface area contributed by atoms with Crippen LogP contribution in [0.1, 0.15) is 16.8 Å². The number of rotatable bonds is 5. The predicted octanol–water partition coefficient (Wildman–Crippen LogP) is 3.66. The molecule has 27 heavy (non-hydrogen) atoms. The Hall–Kier alpha value is -2.15. The Labute approximate surface area is 163 Å². The maximum absolute atomic E-state index is 5.61. The summed E-state index contributed by atoms with van der Waals surface area (Å²) in [6, 6.07) is 10.5. The van der Waals surface area contributed by atoms with Crippen molar-refractivity contribution in [3.63, 3.8) is 0 Å². The molecule has 2 aromatic heterocycles. The summed E-state index contributed by atoms with van der Waals surface area (Å²) in [6.07, 6.45) is 2.74. The number of furan rings is 1. The van der Waals surface area contributed by atoms with E-state index in [1.165, 1.54) is 11.1 Å². The molecule has 2 aliphatic rings. The van der Waals surface area contributed by atoms with Gasteiger partial charge in [-0.15, -0.1) is 11.3 Å². The van der Waals surface area contributed by atoms with Crippen molar-refractivity contribution in [2.75, 3.05) is 32.8 Å².